The van der Waals surface area contributed by atoms with Gasteiger partial charge in [-0.05, 0) is 36.8 Å². The topological polar surface area (TPSA) is 55.3 Å². The summed E-state index contributed by atoms with van der Waals surface area (Å²) >= 11 is 5.85. The number of carbonyl (C=O) groups is 1. The van der Waals surface area contributed by atoms with Crippen LogP contribution in [-0.2, 0) is 5.41 Å². The Hall–Kier alpha value is -1.98. The molecule has 156 valence electrons. The number of benzene rings is 1. The van der Waals surface area contributed by atoms with Gasteiger partial charge in [-0.25, -0.2) is 0 Å². The highest BCUT2D eigenvalue weighted by Crippen LogP contribution is 2.23. The van der Waals surface area contributed by atoms with E-state index >= 15 is 0 Å². The van der Waals surface area contributed by atoms with Gasteiger partial charge in [-0.15, -0.1) is 0 Å². The fourth-order valence-electron chi connectivity index (χ4n) is 3.57. The quantitative estimate of drug-likeness (QED) is 0.600. The van der Waals surface area contributed by atoms with Crippen molar-refractivity contribution in [2.24, 2.45) is 0 Å². The minimum absolute atomic E-state index is 0.108. The van der Waals surface area contributed by atoms with E-state index in [-0.39, 0.29) is 17.3 Å². The minimum Gasteiger partial charge on any atom is -0.473 e. The predicted molar refractivity (Wildman–Crippen MR) is 116 cm³/mol. The lowest BCUT2D eigenvalue weighted by Crippen LogP contribution is -2.38. The molecular formula is C23H30ClN3O2. The zero-order valence-electron chi connectivity index (χ0n) is 17.5. The van der Waals surface area contributed by atoms with E-state index in [0.29, 0.717) is 17.5 Å². The average Bonchev–Trinajstić information content (AvgIpc) is 2.69. The van der Waals surface area contributed by atoms with Crippen molar-refractivity contribution in [2.75, 3.05) is 19.6 Å². The molecule has 29 heavy (non-hydrogen) atoms. The fraction of sp³-hybridized carbons (Fsp3) is 0.522. The van der Waals surface area contributed by atoms with E-state index in [1.807, 2.05) is 12.1 Å². The molecule has 1 fully saturated rings. The molecule has 0 spiro atoms. The van der Waals surface area contributed by atoms with E-state index < -0.39 is 0 Å². The third kappa shape index (κ3) is 6.51. The Morgan fingerprint density at radius 1 is 1.17 bits per heavy atom. The lowest BCUT2D eigenvalue weighted by atomic mass is 9.86. The van der Waals surface area contributed by atoms with Crippen molar-refractivity contribution < 1.29 is 9.53 Å². The molecule has 0 aliphatic carbocycles. The normalized spacial score (nSPS) is 16.0. The van der Waals surface area contributed by atoms with Gasteiger partial charge in [0.05, 0.1) is 12.4 Å². The van der Waals surface area contributed by atoms with Crippen molar-refractivity contribution in [1.82, 2.24) is 14.9 Å². The number of Topliss-reactive ketones (excluding diaryl/α,β-unsaturated/α-hetero) is 1. The predicted octanol–water partition coefficient (Wildman–Crippen LogP) is 4.93. The van der Waals surface area contributed by atoms with Gasteiger partial charge < -0.3 is 9.64 Å². The Kier molecular flexibility index (Phi) is 7.25. The summed E-state index contributed by atoms with van der Waals surface area (Å²) in [5, 5.41) is 0.345. The van der Waals surface area contributed by atoms with E-state index in [2.05, 4.69) is 47.8 Å². The number of rotatable bonds is 7. The smallest absolute Gasteiger partial charge is 0.234 e. The fourth-order valence-corrected chi connectivity index (χ4v) is 3.71. The maximum absolute atomic E-state index is 12.5. The van der Waals surface area contributed by atoms with E-state index in [1.54, 1.807) is 6.20 Å². The summed E-state index contributed by atoms with van der Waals surface area (Å²) in [5.74, 6) is 0.710. The van der Waals surface area contributed by atoms with Gasteiger partial charge in [0.1, 0.15) is 6.10 Å². The van der Waals surface area contributed by atoms with E-state index in [0.717, 1.165) is 44.5 Å². The van der Waals surface area contributed by atoms with Gasteiger partial charge in [0, 0.05) is 25.1 Å². The summed E-state index contributed by atoms with van der Waals surface area (Å²) in [5.41, 5.74) is 2.17. The van der Waals surface area contributed by atoms with Gasteiger partial charge in [0.15, 0.2) is 10.9 Å². The number of hydrogen-bond acceptors (Lipinski definition) is 5. The highest BCUT2D eigenvalue weighted by atomic mass is 35.5. The zero-order chi connectivity index (χ0) is 20.9. The average molecular weight is 416 g/mol. The summed E-state index contributed by atoms with van der Waals surface area (Å²) in [4.78, 5) is 23.0. The van der Waals surface area contributed by atoms with Gasteiger partial charge in [0.2, 0.25) is 5.88 Å². The Balaban J connectivity index is 1.37. The molecule has 3 rings (SSSR count). The Morgan fingerprint density at radius 2 is 1.86 bits per heavy atom. The second kappa shape index (κ2) is 9.68. The number of ketones is 1. The van der Waals surface area contributed by atoms with Gasteiger partial charge in [-0.2, -0.15) is 4.98 Å². The Morgan fingerprint density at radius 3 is 2.48 bits per heavy atom. The first-order valence-corrected chi connectivity index (χ1v) is 10.7. The second-order valence-electron chi connectivity index (χ2n) is 8.69. The molecule has 1 saturated heterocycles. The second-order valence-corrected chi connectivity index (χ2v) is 9.08. The van der Waals surface area contributed by atoms with Crippen molar-refractivity contribution >= 4 is 17.4 Å². The number of ether oxygens (including phenoxy) is 1. The van der Waals surface area contributed by atoms with Crippen molar-refractivity contribution in [3.8, 4) is 5.88 Å². The molecule has 1 aromatic heterocycles. The highest BCUT2D eigenvalue weighted by Gasteiger charge is 2.21. The summed E-state index contributed by atoms with van der Waals surface area (Å²) in [6.45, 7) is 9.41. The third-order valence-corrected chi connectivity index (χ3v) is 5.54. The third-order valence-electron chi connectivity index (χ3n) is 5.36. The molecule has 0 N–H and O–H groups in total. The van der Waals surface area contributed by atoms with Crippen molar-refractivity contribution in [3.63, 3.8) is 0 Å². The van der Waals surface area contributed by atoms with E-state index in [1.165, 1.54) is 11.8 Å². The van der Waals surface area contributed by atoms with E-state index in [4.69, 9.17) is 16.3 Å². The summed E-state index contributed by atoms with van der Waals surface area (Å²) in [7, 11) is 0. The first-order chi connectivity index (χ1) is 13.8. The van der Waals surface area contributed by atoms with Crippen LogP contribution in [0.25, 0.3) is 0 Å². The molecule has 0 bridgehead atoms. The number of piperidine rings is 1. The molecule has 1 aromatic carbocycles. The maximum Gasteiger partial charge on any atom is 0.234 e. The number of likely N-dealkylation sites (tertiary alicyclic amines) is 1. The van der Waals surface area contributed by atoms with Gasteiger partial charge in [-0.3, -0.25) is 9.78 Å². The Labute approximate surface area is 178 Å². The Bertz CT molecular complexity index is 810. The van der Waals surface area contributed by atoms with Crippen LogP contribution in [0.15, 0.2) is 36.7 Å². The zero-order valence-corrected chi connectivity index (χ0v) is 18.3. The van der Waals surface area contributed by atoms with Crippen LogP contribution < -0.4 is 4.74 Å². The van der Waals surface area contributed by atoms with E-state index in [9.17, 15) is 4.79 Å². The number of halogens is 1. The summed E-state index contributed by atoms with van der Waals surface area (Å²) in [6, 6.07) is 8.07. The van der Waals surface area contributed by atoms with Crippen LogP contribution in [0.3, 0.4) is 0 Å². The lowest BCUT2D eigenvalue weighted by molar-refractivity contribution is 0.0902. The monoisotopic (exact) mass is 415 g/mol. The van der Waals surface area contributed by atoms with Crippen LogP contribution in [-0.4, -0.2) is 46.4 Å². The van der Waals surface area contributed by atoms with Crippen molar-refractivity contribution in [2.45, 2.75) is 58.0 Å². The molecule has 0 amide bonds. The molecule has 6 heteroatoms. The molecule has 0 radical (unpaired) electrons. The van der Waals surface area contributed by atoms with Crippen LogP contribution in [0.2, 0.25) is 5.15 Å². The molecule has 2 aromatic rings. The van der Waals surface area contributed by atoms with Crippen LogP contribution >= 0.6 is 11.6 Å². The van der Waals surface area contributed by atoms with Crippen molar-refractivity contribution in [3.05, 3.63) is 52.9 Å². The van der Waals surface area contributed by atoms with Crippen LogP contribution in [0.4, 0.5) is 0 Å². The van der Waals surface area contributed by atoms with Gasteiger partial charge in [-0.1, -0.05) is 56.6 Å². The van der Waals surface area contributed by atoms with Crippen LogP contribution in [0.5, 0.6) is 5.88 Å². The molecule has 1 aliphatic heterocycles. The molecule has 1 aliphatic rings. The largest absolute Gasteiger partial charge is 0.473 e. The SMILES string of the molecule is CC(C)(C)c1ccc(C(=O)CCCN2CCC(Oc3cncc(Cl)n3)CC2)cc1. The van der Waals surface area contributed by atoms with Crippen LogP contribution in [0.1, 0.15) is 62.4 Å². The standard InChI is InChI=1S/C23H30ClN3O2/c1-23(2,3)18-8-6-17(7-9-18)20(28)5-4-12-27-13-10-19(11-14-27)29-22-16-25-15-21(24)26-22/h6-9,15-16,19H,4-5,10-14H2,1-3H3. The maximum atomic E-state index is 12.5. The number of nitrogens with zero attached hydrogens (tertiary/aromatic N) is 3. The first kappa shape index (κ1) is 21.7. The molecule has 0 atom stereocenters. The molecular weight excluding hydrogens is 386 g/mol. The minimum atomic E-state index is 0.108. The first-order valence-electron chi connectivity index (χ1n) is 10.3. The van der Waals surface area contributed by atoms with Crippen molar-refractivity contribution in [1.29, 1.82) is 0 Å². The molecule has 0 saturated carbocycles. The molecule has 5 nitrogen and oxygen atoms in total. The summed E-state index contributed by atoms with van der Waals surface area (Å²) < 4.78 is 5.88. The highest BCUT2D eigenvalue weighted by molar-refractivity contribution is 6.29. The van der Waals surface area contributed by atoms with Crippen LogP contribution in [0, 0.1) is 0 Å². The number of aromatic nitrogens is 2. The van der Waals surface area contributed by atoms with Gasteiger partial charge in [0.25, 0.3) is 0 Å². The van der Waals surface area contributed by atoms with Gasteiger partial charge >= 0.3 is 0 Å². The lowest BCUT2D eigenvalue weighted by Gasteiger charge is -2.31. The number of carbonyl (C=O) groups excluding carboxylic acids is 1. The number of hydrogen-bond donors (Lipinski definition) is 0. The molecule has 2 heterocycles. The molecule has 0 unspecified atom stereocenters. The summed E-state index contributed by atoms with van der Waals surface area (Å²) in [6.07, 6.45) is 6.58.